The van der Waals surface area contributed by atoms with Gasteiger partial charge in [-0.25, -0.2) is 4.39 Å². The van der Waals surface area contributed by atoms with E-state index in [9.17, 15) is 23.6 Å². The summed E-state index contributed by atoms with van der Waals surface area (Å²) in [6.45, 7) is 2.15. The summed E-state index contributed by atoms with van der Waals surface area (Å²) in [5.41, 5.74) is 1.86. The van der Waals surface area contributed by atoms with Crippen molar-refractivity contribution in [3.63, 3.8) is 0 Å². The first kappa shape index (κ1) is 26.7. The molecule has 0 aromatic heterocycles. The zero-order chi connectivity index (χ0) is 27.1. The highest BCUT2D eigenvalue weighted by atomic mass is 19.1. The second kappa shape index (κ2) is 12.3. The zero-order valence-corrected chi connectivity index (χ0v) is 21.2. The molecule has 4 amide bonds. The van der Waals surface area contributed by atoms with Crippen LogP contribution in [0.15, 0.2) is 78.9 Å². The molecular formula is C30H30FN3O4. The summed E-state index contributed by atoms with van der Waals surface area (Å²) >= 11 is 0. The van der Waals surface area contributed by atoms with E-state index in [4.69, 9.17) is 0 Å². The smallest absolute Gasteiger partial charge is 0.261 e. The molecule has 1 atom stereocenters. The van der Waals surface area contributed by atoms with Crippen LogP contribution in [-0.4, -0.2) is 52.6 Å². The van der Waals surface area contributed by atoms with Crippen LogP contribution < -0.4 is 5.32 Å². The number of hydrogen-bond donors (Lipinski definition) is 1. The Morgan fingerprint density at radius 1 is 0.895 bits per heavy atom. The number of imide groups is 1. The first-order chi connectivity index (χ1) is 18.4. The molecule has 4 rings (SSSR count). The van der Waals surface area contributed by atoms with Crippen LogP contribution in [-0.2, 0) is 22.6 Å². The van der Waals surface area contributed by atoms with Gasteiger partial charge in [-0.2, -0.15) is 0 Å². The minimum Gasteiger partial charge on any atom is -0.355 e. The second-order valence-corrected chi connectivity index (χ2v) is 9.12. The Labute approximate surface area is 221 Å². The maximum Gasteiger partial charge on any atom is 0.261 e. The van der Waals surface area contributed by atoms with Crippen LogP contribution in [0.5, 0.6) is 0 Å². The van der Waals surface area contributed by atoms with Gasteiger partial charge in [0.25, 0.3) is 11.8 Å². The Balaban J connectivity index is 1.53. The zero-order valence-electron chi connectivity index (χ0n) is 21.2. The fraction of sp³-hybridized carbons (Fsp3) is 0.267. The van der Waals surface area contributed by atoms with E-state index in [2.05, 4.69) is 5.32 Å². The van der Waals surface area contributed by atoms with Crippen molar-refractivity contribution in [2.24, 2.45) is 0 Å². The van der Waals surface area contributed by atoms with Gasteiger partial charge in [-0.15, -0.1) is 0 Å². The number of rotatable bonds is 11. The van der Waals surface area contributed by atoms with Crippen molar-refractivity contribution in [2.75, 3.05) is 13.1 Å². The molecule has 0 spiro atoms. The summed E-state index contributed by atoms with van der Waals surface area (Å²) in [6, 6.07) is 21.2. The third kappa shape index (κ3) is 5.96. The van der Waals surface area contributed by atoms with Gasteiger partial charge >= 0.3 is 0 Å². The lowest BCUT2D eigenvalue weighted by Crippen LogP contribution is -2.50. The topological polar surface area (TPSA) is 86.8 Å². The van der Waals surface area contributed by atoms with E-state index >= 15 is 0 Å². The van der Waals surface area contributed by atoms with Crippen LogP contribution in [0.2, 0.25) is 0 Å². The van der Waals surface area contributed by atoms with Crippen LogP contribution in [0.3, 0.4) is 0 Å². The minimum atomic E-state index is -0.872. The monoisotopic (exact) mass is 515 g/mol. The minimum absolute atomic E-state index is 0.0213. The van der Waals surface area contributed by atoms with Crippen LogP contribution in [0.1, 0.15) is 51.6 Å². The fourth-order valence-electron chi connectivity index (χ4n) is 4.63. The van der Waals surface area contributed by atoms with Crippen LogP contribution in [0, 0.1) is 5.82 Å². The Morgan fingerprint density at radius 3 is 2.13 bits per heavy atom. The van der Waals surface area contributed by atoms with Crippen molar-refractivity contribution >= 4 is 23.6 Å². The normalized spacial score (nSPS) is 13.3. The molecule has 1 heterocycles. The first-order valence-corrected chi connectivity index (χ1v) is 12.7. The third-order valence-corrected chi connectivity index (χ3v) is 6.57. The Kier molecular flexibility index (Phi) is 8.63. The summed E-state index contributed by atoms with van der Waals surface area (Å²) in [6.07, 6.45) is 0.448. The average molecular weight is 516 g/mol. The lowest BCUT2D eigenvalue weighted by atomic mass is 10.0. The van der Waals surface area contributed by atoms with Crippen molar-refractivity contribution in [3.8, 4) is 0 Å². The second-order valence-electron chi connectivity index (χ2n) is 9.12. The SMILES string of the molecule is CCNC(=O)[C@@H](Cc1ccccc1)N(Cc1ccccc1F)C(=O)CCCN1C(=O)c2ccccc2C1=O. The summed E-state index contributed by atoms with van der Waals surface area (Å²) in [7, 11) is 0. The first-order valence-electron chi connectivity index (χ1n) is 12.7. The Hall–Kier alpha value is -4.33. The molecule has 1 aliphatic rings. The maximum atomic E-state index is 14.6. The molecule has 0 saturated carbocycles. The number of benzene rings is 3. The molecule has 8 heteroatoms. The highest BCUT2D eigenvalue weighted by Crippen LogP contribution is 2.23. The predicted molar refractivity (Wildman–Crippen MR) is 141 cm³/mol. The number of likely N-dealkylation sites (N-methyl/N-ethyl adjacent to an activating group) is 1. The average Bonchev–Trinajstić information content (AvgIpc) is 3.17. The van der Waals surface area contributed by atoms with E-state index in [0.29, 0.717) is 23.2 Å². The van der Waals surface area contributed by atoms with Gasteiger partial charge in [0, 0.05) is 38.0 Å². The van der Waals surface area contributed by atoms with Gasteiger partial charge in [-0.05, 0) is 37.1 Å². The Morgan fingerprint density at radius 2 is 1.50 bits per heavy atom. The molecule has 1 N–H and O–H groups in total. The van der Waals surface area contributed by atoms with Gasteiger partial charge < -0.3 is 10.2 Å². The van der Waals surface area contributed by atoms with Crippen LogP contribution in [0.4, 0.5) is 4.39 Å². The Bertz CT molecular complexity index is 1290. The van der Waals surface area contributed by atoms with Gasteiger partial charge in [0.05, 0.1) is 11.1 Å². The van der Waals surface area contributed by atoms with Gasteiger partial charge in [-0.1, -0.05) is 60.7 Å². The molecule has 196 valence electrons. The number of carbonyl (C=O) groups excluding carboxylic acids is 4. The molecule has 0 aliphatic carbocycles. The number of nitrogens with one attached hydrogen (secondary N) is 1. The number of carbonyl (C=O) groups is 4. The highest BCUT2D eigenvalue weighted by Gasteiger charge is 2.35. The third-order valence-electron chi connectivity index (χ3n) is 6.57. The van der Waals surface area contributed by atoms with Crippen molar-refractivity contribution in [2.45, 2.75) is 38.8 Å². The number of amides is 4. The number of fused-ring (bicyclic) bond motifs is 1. The van der Waals surface area contributed by atoms with E-state index in [1.165, 1.54) is 11.0 Å². The number of hydrogen-bond acceptors (Lipinski definition) is 4. The largest absolute Gasteiger partial charge is 0.355 e. The van der Waals surface area contributed by atoms with E-state index in [0.717, 1.165) is 10.5 Å². The predicted octanol–water partition coefficient (Wildman–Crippen LogP) is 3.98. The molecule has 0 fully saturated rings. The van der Waals surface area contributed by atoms with Gasteiger partial charge in [-0.3, -0.25) is 24.1 Å². The highest BCUT2D eigenvalue weighted by molar-refractivity contribution is 6.21. The van der Waals surface area contributed by atoms with Gasteiger partial charge in [0.2, 0.25) is 11.8 Å². The van der Waals surface area contributed by atoms with Gasteiger partial charge in [0.15, 0.2) is 0 Å². The maximum absolute atomic E-state index is 14.6. The molecular weight excluding hydrogens is 485 g/mol. The quantitative estimate of drug-likeness (QED) is 0.392. The number of nitrogens with zero attached hydrogens (tertiary/aromatic N) is 2. The van der Waals surface area contributed by atoms with Crippen LogP contribution >= 0.6 is 0 Å². The molecule has 0 bridgehead atoms. The summed E-state index contributed by atoms with van der Waals surface area (Å²) < 4.78 is 14.6. The standard InChI is InChI=1S/C30H30FN3O4/c1-2-32-28(36)26(19-21-11-4-3-5-12-21)34(20-22-13-6-9-16-25(22)31)27(35)17-10-18-33-29(37)23-14-7-8-15-24(23)30(33)38/h3-9,11-16,26H,2,10,17-20H2,1H3,(H,32,36)/t26-/m1/s1. The molecule has 1 aliphatic heterocycles. The molecule has 7 nitrogen and oxygen atoms in total. The molecule has 38 heavy (non-hydrogen) atoms. The lowest BCUT2D eigenvalue weighted by Gasteiger charge is -2.32. The van der Waals surface area contributed by atoms with Crippen molar-refractivity contribution in [1.29, 1.82) is 0 Å². The molecule has 0 radical (unpaired) electrons. The van der Waals surface area contributed by atoms with Crippen molar-refractivity contribution in [3.05, 3.63) is 107 Å². The van der Waals surface area contributed by atoms with Gasteiger partial charge in [0.1, 0.15) is 11.9 Å². The van der Waals surface area contributed by atoms with Crippen molar-refractivity contribution < 1.29 is 23.6 Å². The summed E-state index contributed by atoms with van der Waals surface area (Å²) in [4.78, 5) is 54.7. The fourth-order valence-corrected chi connectivity index (χ4v) is 4.63. The van der Waals surface area contributed by atoms with Crippen molar-refractivity contribution in [1.82, 2.24) is 15.1 Å². The van der Waals surface area contributed by atoms with E-state index in [-0.39, 0.29) is 56.0 Å². The van der Waals surface area contributed by atoms with E-state index < -0.39 is 11.9 Å². The summed E-state index contributed by atoms with van der Waals surface area (Å²) in [5.74, 6) is -1.93. The molecule has 3 aromatic carbocycles. The molecule has 0 unspecified atom stereocenters. The number of halogens is 1. The molecule has 0 saturated heterocycles. The summed E-state index contributed by atoms with van der Waals surface area (Å²) in [5, 5.41) is 2.80. The van der Waals surface area contributed by atoms with E-state index in [1.54, 1.807) is 49.4 Å². The van der Waals surface area contributed by atoms with E-state index in [1.807, 2.05) is 30.3 Å². The van der Waals surface area contributed by atoms with Crippen LogP contribution in [0.25, 0.3) is 0 Å². The lowest BCUT2D eigenvalue weighted by molar-refractivity contribution is -0.141. The molecule has 3 aromatic rings.